The zero-order chi connectivity index (χ0) is 42.9. The number of methoxy groups -OCH3 is 2. The van der Waals surface area contributed by atoms with Gasteiger partial charge in [0.2, 0.25) is 12.0 Å². The van der Waals surface area contributed by atoms with E-state index in [9.17, 15) is 65.1 Å². The predicted octanol–water partition coefficient (Wildman–Crippen LogP) is 0.0458. The van der Waals surface area contributed by atoms with Crippen LogP contribution < -0.4 is 19.6 Å². The second kappa shape index (κ2) is 17.2. The number of hydrogen-bond acceptors (Lipinski definition) is 19. The standard InChI is InChI=1S/C38H36O21/c1-52-22-9-15(10-23(53-2)26(22)43)20-13-19(41)25-18(40)11-17(12-21(25)55-20)54-37-34(30(47)28(45)31(57-37)35(48)49)59-38-33(29(46)27(44)32(58-38)36(50)51)56-24(42)8-5-14-3-6-16(39)7-4-14/h3-13,27-34,37-40,43-47H,1-2H3,(H,48,49)(H,50,51). The highest BCUT2D eigenvalue weighted by Gasteiger charge is 2.55. The van der Waals surface area contributed by atoms with Crippen LogP contribution in [0.3, 0.4) is 0 Å². The van der Waals surface area contributed by atoms with E-state index < -0.39 is 96.2 Å². The third kappa shape index (κ3) is 8.71. The molecule has 1 aromatic heterocycles. The minimum absolute atomic E-state index is 0.0440. The SMILES string of the molecule is COc1cc(-c2cc(=O)c3c(O)cc(OC4OC(C(=O)O)C(O)C(O)C4OC4OC(C(=O)O)C(O)C(O)C4OC(=O)C=Cc4ccc(O)cc4)cc3o2)cc(OC)c1O. The molecule has 0 amide bonds. The molecule has 3 aromatic carbocycles. The van der Waals surface area contributed by atoms with Gasteiger partial charge in [0.25, 0.3) is 0 Å². The average Bonchev–Trinajstić information content (AvgIpc) is 3.19. The number of carboxylic acid groups (broad SMARTS) is 2. The molecule has 10 unspecified atom stereocenters. The van der Waals surface area contributed by atoms with Crippen LogP contribution >= 0.6 is 0 Å². The van der Waals surface area contributed by atoms with Gasteiger partial charge in [-0.3, -0.25) is 4.79 Å². The molecule has 2 saturated heterocycles. The minimum atomic E-state index is -2.27. The van der Waals surface area contributed by atoms with Crippen molar-refractivity contribution in [2.45, 2.75) is 61.4 Å². The van der Waals surface area contributed by atoms with Crippen molar-refractivity contribution in [1.29, 1.82) is 0 Å². The third-order valence-corrected chi connectivity index (χ3v) is 9.23. The number of benzene rings is 3. The van der Waals surface area contributed by atoms with Crippen LogP contribution in [0.1, 0.15) is 5.56 Å². The van der Waals surface area contributed by atoms with E-state index in [1.165, 1.54) is 56.7 Å². The molecule has 314 valence electrons. The lowest BCUT2D eigenvalue weighted by atomic mass is 9.96. The molecule has 9 N–H and O–H groups in total. The second-order valence-electron chi connectivity index (χ2n) is 13.1. The van der Waals surface area contributed by atoms with Gasteiger partial charge in [-0.1, -0.05) is 12.1 Å². The molecule has 0 aliphatic carbocycles. The summed E-state index contributed by atoms with van der Waals surface area (Å²) in [6.45, 7) is 0. The summed E-state index contributed by atoms with van der Waals surface area (Å²) in [5.74, 6) is -6.52. The lowest BCUT2D eigenvalue weighted by molar-refractivity contribution is -0.350. The average molecular weight is 829 g/mol. The smallest absolute Gasteiger partial charge is 0.335 e. The number of carbonyl (C=O) groups is 3. The van der Waals surface area contributed by atoms with E-state index in [2.05, 4.69) is 0 Å². The quantitative estimate of drug-likeness (QED) is 0.0672. The van der Waals surface area contributed by atoms with Gasteiger partial charge in [-0.05, 0) is 35.9 Å². The fourth-order valence-electron chi connectivity index (χ4n) is 6.26. The second-order valence-corrected chi connectivity index (χ2v) is 13.1. The number of carboxylic acids is 2. The van der Waals surface area contributed by atoms with Gasteiger partial charge in [0.05, 0.1) is 14.2 Å². The number of fused-ring (bicyclic) bond motifs is 1. The van der Waals surface area contributed by atoms with Gasteiger partial charge in [-0.25, -0.2) is 14.4 Å². The van der Waals surface area contributed by atoms with E-state index in [1.807, 2.05) is 0 Å². The van der Waals surface area contributed by atoms with Crippen molar-refractivity contribution in [1.82, 2.24) is 0 Å². The molecule has 0 radical (unpaired) electrons. The van der Waals surface area contributed by atoms with Crippen LogP contribution in [0.15, 0.2) is 69.9 Å². The molecule has 21 nitrogen and oxygen atoms in total. The van der Waals surface area contributed by atoms with Crippen LogP contribution in [0.5, 0.6) is 34.5 Å². The Morgan fingerprint density at radius 3 is 1.88 bits per heavy atom. The largest absolute Gasteiger partial charge is 0.508 e. The summed E-state index contributed by atoms with van der Waals surface area (Å²) in [5, 5.41) is 93.3. The van der Waals surface area contributed by atoms with E-state index in [0.717, 1.165) is 24.3 Å². The van der Waals surface area contributed by atoms with Gasteiger partial charge < -0.3 is 83.5 Å². The van der Waals surface area contributed by atoms with Crippen LogP contribution in [-0.2, 0) is 33.3 Å². The first kappa shape index (κ1) is 42.2. The van der Waals surface area contributed by atoms with Gasteiger partial charge in [-0.15, -0.1) is 0 Å². The molecule has 0 saturated carbocycles. The molecule has 59 heavy (non-hydrogen) atoms. The van der Waals surface area contributed by atoms with Crippen LogP contribution in [0, 0.1) is 0 Å². The molecule has 2 aliphatic heterocycles. The zero-order valence-electron chi connectivity index (χ0n) is 30.5. The summed E-state index contributed by atoms with van der Waals surface area (Å²) in [5.41, 5.74) is -0.476. The Morgan fingerprint density at radius 1 is 0.729 bits per heavy atom. The maximum Gasteiger partial charge on any atom is 0.335 e. The highest BCUT2D eigenvalue weighted by Crippen LogP contribution is 2.41. The van der Waals surface area contributed by atoms with Gasteiger partial charge in [0.1, 0.15) is 58.4 Å². The first-order chi connectivity index (χ1) is 28.0. The molecule has 4 aromatic rings. The van der Waals surface area contributed by atoms with Crippen molar-refractivity contribution in [3.8, 4) is 45.8 Å². The number of carbonyl (C=O) groups excluding carboxylic acids is 1. The number of aliphatic carboxylic acids is 2. The summed E-state index contributed by atoms with van der Waals surface area (Å²) in [7, 11) is 2.54. The Hall–Kier alpha value is -6.46. The maximum atomic E-state index is 13.2. The molecular formula is C38H36O21. The summed E-state index contributed by atoms with van der Waals surface area (Å²) in [6.07, 6.45) is -19.7. The number of ether oxygens (including phenoxy) is 7. The van der Waals surface area contributed by atoms with E-state index in [-0.39, 0.29) is 45.3 Å². The Balaban J connectivity index is 1.35. The topological polar surface area (TPSA) is 328 Å². The van der Waals surface area contributed by atoms with Crippen LogP contribution in [0.4, 0.5) is 0 Å². The molecule has 6 rings (SSSR count). The molecule has 3 heterocycles. The van der Waals surface area contributed by atoms with Crippen molar-refractivity contribution in [2.24, 2.45) is 0 Å². The van der Waals surface area contributed by atoms with Crippen molar-refractivity contribution in [2.75, 3.05) is 14.2 Å². The number of rotatable bonds is 12. The van der Waals surface area contributed by atoms with E-state index in [1.54, 1.807) is 0 Å². The molecule has 10 atom stereocenters. The normalized spacial score (nSPS) is 26.9. The number of hydrogen-bond donors (Lipinski definition) is 9. The van der Waals surface area contributed by atoms with Crippen molar-refractivity contribution in [3.63, 3.8) is 0 Å². The Labute approximate surface area is 330 Å². The highest BCUT2D eigenvalue weighted by atomic mass is 16.8. The third-order valence-electron chi connectivity index (χ3n) is 9.23. The Morgan fingerprint density at radius 2 is 1.31 bits per heavy atom. The van der Waals surface area contributed by atoms with Gasteiger partial charge in [0, 0.05) is 29.8 Å². The maximum absolute atomic E-state index is 13.2. The number of esters is 1. The van der Waals surface area contributed by atoms with Crippen LogP contribution in [-0.4, -0.2) is 139 Å². The first-order valence-electron chi connectivity index (χ1n) is 17.3. The van der Waals surface area contributed by atoms with E-state index >= 15 is 0 Å². The van der Waals surface area contributed by atoms with E-state index in [0.29, 0.717) is 5.56 Å². The Bertz CT molecular complexity index is 2280. The van der Waals surface area contributed by atoms with Gasteiger partial charge >= 0.3 is 17.9 Å². The monoisotopic (exact) mass is 828 g/mol. The van der Waals surface area contributed by atoms with E-state index in [4.69, 9.17) is 37.6 Å². The molecule has 21 heteroatoms. The predicted molar refractivity (Wildman–Crippen MR) is 193 cm³/mol. The lowest BCUT2D eigenvalue weighted by Gasteiger charge is -2.45. The number of aliphatic hydroxyl groups excluding tert-OH is 4. The number of aliphatic hydroxyl groups is 4. The highest BCUT2D eigenvalue weighted by molar-refractivity contribution is 5.87. The first-order valence-corrected chi connectivity index (χ1v) is 17.3. The molecule has 0 spiro atoms. The van der Waals surface area contributed by atoms with Crippen LogP contribution in [0.2, 0.25) is 0 Å². The summed E-state index contributed by atoms with van der Waals surface area (Å²) >= 11 is 0. The number of aromatic hydroxyl groups is 3. The number of phenols is 3. The molecule has 2 aliphatic rings. The summed E-state index contributed by atoms with van der Waals surface area (Å²) in [4.78, 5) is 50.2. The van der Waals surface area contributed by atoms with Gasteiger partial charge in [0.15, 0.2) is 47.6 Å². The van der Waals surface area contributed by atoms with Crippen molar-refractivity contribution in [3.05, 3.63) is 76.5 Å². The fourth-order valence-corrected chi connectivity index (χ4v) is 6.26. The minimum Gasteiger partial charge on any atom is -0.508 e. The fraction of sp³-hybridized carbons (Fsp3) is 0.316. The Kier molecular flexibility index (Phi) is 12.3. The summed E-state index contributed by atoms with van der Waals surface area (Å²) in [6, 6.07) is 11.2. The van der Waals surface area contributed by atoms with Gasteiger partial charge in [-0.2, -0.15) is 0 Å². The van der Waals surface area contributed by atoms with Crippen LogP contribution in [0.25, 0.3) is 28.4 Å². The molecule has 0 bridgehead atoms. The lowest BCUT2D eigenvalue weighted by Crippen LogP contribution is -2.66. The van der Waals surface area contributed by atoms with Crippen molar-refractivity contribution >= 4 is 35.0 Å². The molecule has 2 fully saturated rings. The number of phenolic OH excluding ortho intramolecular Hbond substituents is 3. The van der Waals surface area contributed by atoms with Crippen molar-refractivity contribution < 1.29 is 97.9 Å². The zero-order valence-corrected chi connectivity index (χ0v) is 30.5. The molecular weight excluding hydrogens is 792 g/mol. The summed E-state index contributed by atoms with van der Waals surface area (Å²) < 4.78 is 43.9.